The van der Waals surface area contributed by atoms with Gasteiger partial charge in [-0.2, -0.15) is 0 Å². The first-order valence-corrected chi connectivity index (χ1v) is 8.61. The van der Waals surface area contributed by atoms with Crippen LogP contribution in [0.1, 0.15) is 12.0 Å². The smallest absolute Gasteiger partial charge is 0.328 e. The molecule has 1 fully saturated rings. The van der Waals surface area contributed by atoms with Crippen molar-refractivity contribution in [3.05, 3.63) is 72.1 Å². The van der Waals surface area contributed by atoms with Crippen LogP contribution in [0.25, 0.3) is 6.08 Å². The average molecular weight is 369 g/mol. The van der Waals surface area contributed by atoms with E-state index >= 15 is 0 Å². The Morgan fingerprint density at radius 1 is 1.11 bits per heavy atom. The van der Waals surface area contributed by atoms with E-state index in [1.54, 1.807) is 18.2 Å². The van der Waals surface area contributed by atoms with E-state index in [9.17, 15) is 14.0 Å². The van der Waals surface area contributed by atoms with Gasteiger partial charge in [-0.05, 0) is 23.8 Å². The summed E-state index contributed by atoms with van der Waals surface area (Å²) in [5.74, 6) is -1.23. The summed E-state index contributed by atoms with van der Waals surface area (Å²) in [6.45, 7) is 0.173. The third kappa shape index (κ3) is 4.53. The SMILES string of the molecule is COC(=O)[C@@H]1C[C@@H](Oc2ccccc2F)CN1C(=O)/C=C/c1ccccc1. The van der Waals surface area contributed by atoms with Crippen molar-refractivity contribution in [2.75, 3.05) is 13.7 Å². The topological polar surface area (TPSA) is 55.8 Å². The van der Waals surface area contributed by atoms with E-state index in [0.29, 0.717) is 0 Å². The Morgan fingerprint density at radius 3 is 2.52 bits per heavy atom. The Hall–Kier alpha value is -3.15. The normalized spacial score (nSPS) is 19.3. The van der Waals surface area contributed by atoms with Crippen LogP contribution < -0.4 is 4.74 Å². The fraction of sp³-hybridized carbons (Fsp3) is 0.238. The fourth-order valence-electron chi connectivity index (χ4n) is 3.03. The van der Waals surface area contributed by atoms with Crippen molar-refractivity contribution < 1.29 is 23.5 Å². The van der Waals surface area contributed by atoms with Crippen molar-refractivity contribution >= 4 is 18.0 Å². The third-order valence-corrected chi connectivity index (χ3v) is 4.37. The van der Waals surface area contributed by atoms with Gasteiger partial charge in [0.05, 0.1) is 13.7 Å². The number of likely N-dealkylation sites (tertiary alicyclic amines) is 1. The van der Waals surface area contributed by atoms with Crippen molar-refractivity contribution in [2.45, 2.75) is 18.6 Å². The second-order valence-corrected chi connectivity index (χ2v) is 6.18. The van der Waals surface area contributed by atoms with Crippen molar-refractivity contribution in [3.8, 4) is 5.75 Å². The van der Waals surface area contributed by atoms with E-state index in [1.807, 2.05) is 30.3 Å². The summed E-state index contributed by atoms with van der Waals surface area (Å²) in [7, 11) is 1.27. The van der Waals surface area contributed by atoms with Gasteiger partial charge in [0.1, 0.15) is 12.1 Å². The molecule has 1 aliphatic heterocycles. The molecule has 2 aromatic rings. The van der Waals surface area contributed by atoms with Crippen molar-refractivity contribution in [3.63, 3.8) is 0 Å². The number of carbonyl (C=O) groups excluding carboxylic acids is 2. The maximum Gasteiger partial charge on any atom is 0.328 e. The predicted octanol–water partition coefficient (Wildman–Crippen LogP) is 3.06. The van der Waals surface area contributed by atoms with E-state index in [-0.39, 0.29) is 24.6 Å². The molecule has 3 rings (SSSR count). The maximum atomic E-state index is 13.8. The molecule has 2 aromatic carbocycles. The monoisotopic (exact) mass is 369 g/mol. The number of halogens is 1. The molecular weight excluding hydrogens is 349 g/mol. The summed E-state index contributed by atoms with van der Waals surface area (Å²) >= 11 is 0. The highest BCUT2D eigenvalue weighted by molar-refractivity contribution is 5.95. The quantitative estimate of drug-likeness (QED) is 0.600. The van der Waals surface area contributed by atoms with Crippen molar-refractivity contribution in [1.29, 1.82) is 0 Å². The van der Waals surface area contributed by atoms with E-state index < -0.39 is 23.9 Å². The van der Waals surface area contributed by atoms with Gasteiger partial charge in [-0.3, -0.25) is 4.79 Å². The van der Waals surface area contributed by atoms with Crippen LogP contribution in [-0.2, 0) is 14.3 Å². The molecule has 0 saturated carbocycles. The second kappa shape index (κ2) is 8.49. The van der Waals surface area contributed by atoms with Crippen LogP contribution in [0.15, 0.2) is 60.7 Å². The van der Waals surface area contributed by atoms with E-state index in [4.69, 9.17) is 9.47 Å². The Labute approximate surface area is 157 Å². The van der Waals surface area contributed by atoms with Crippen LogP contribution in [0.5, 0.6) is 5.75 Å². The van der Waals surface area contributed by atoms with Gasteiger partial charge in [-0.15, -0.1) is 0 Å². The number of hydrogen-bond acceptors (Lipinski definition) is 4. The number of esters is 1. The number of carbonyl (C=O) groups is 2. The summed E-state index contributed by atoms with van der Waals surface area (Å²) in [6, 6.07) is 14.7. The van der Waals surface area contributed by atoms with Gasteiger partial charge in [0.25, 0.3) is 0 Å². The van der Waals surface area contributed by atoms with Crippen molar-refractivity contribution in [1.82, 2.24) is 4.90 Å². The zero-order chi connectivity index (χ0) is 19.2. The summed E-state index contributed by atoms with van der Waals surface area (Å²) < 4.78 is 24.3. The lowest BCUT2D eigenvalue weighted by atomic mass is 10.2. The van der Waals surface area contributed by atoms with Crippen LogP contribution >= 0.6 is 0 Å². The molecule has 0 unspecified atom stereocenters. The molecule has 0 N–H and O–H groups in total. The van der Waals surface area contributed by atoms with Crippen LogP contribution in [0, 0.1) is 5.82 Å². The van der Waals surface area contributed by atoms with Crippen LogP contribution in [-0.4, -0.2) is 42.6 Å². The fourth-order valence-corrected chi connectivity index (χ4v) is 3.03. The first kappa shape index (κ1) is 18.6. The van der Waals surface area contributed by atoms with Gasteiger partial charge < -0.3 is 14.4 Å². The summed E-state index contributed by atoms with van der Waals surface area (Å²) in [5, 5.41) is 0. The van der Waals surface area contributed by atoms with Gasteiger partial charge in [0.2, 0.25) is 5.91 Å². The maximum absolute atomic E-state index is 13.8. The molecule has 6 heteroatoms. The van der Waals surface area contributed by atoms with Gasteiger partial charge in [0.15, 0.2) is 11.6 Å². The molecule has 1 heterocycles. The van der Waals surface area contributed by atoms with E-state index in [2.05, 4.69) is 0 Å². The lowest BCUT2D eigenvalue weighted by Gasteiger charge is -2.20. The molecule has 0 aromatic heterocycles. The number of rotatable bonds is 5. The minimum Gasteiger partial charge on any atom is -0.485 e. The van der Waals surface area contributed by atoms with Gasteiger partial charge in [0, 0.05) is 12.5 Å². The van der Waals surface area contributed by atoms with Crippen LogP contribution in [0.4, 0.5) is 4.39 Å². The lowest BCUT2D eigenvalue weighted by molar-refractivity contribution is -0.149. The summed E-state index contributed by atoms with van der Waals surface area (Å²) in [6.07, 6.45) is 2.84. The molecule has 0 aliphatic carbocycles. The van der Waals surface area contributed by atoms with Crippen molar-refractivity contribution in [2.24, 2.45) is 0 Å². The number of nitrogens with zero attached hydrogens (tertiary/aromatic N) is 1. The molecule has 5 nitrogen and oxygen atoms in total. The Balaban J connectivity index is 1.73. The highest BCUT2D eigenvalue weighted by Gasteiger charge is 2.41. The number of amides is 1. The number of para-hydroxylation sites is 1. The lowest BCUT2D eigenvalue weighted by Crippen LogP contribution is -2.40. The standard InChI is InChI=1S/C21H20FNO4/c1-26-21(25)18-13-16(27-19-10-6-5-9-17(19)22)14-23(18)20(24)12-11-15-7-3-2-4-8-15/h2-12,16,18H,13-14H2,1H3/b12-11+/t16-,18+/m1/s1. The summed E-state index contributed by atoms with van der Waals surface area (Å²) in [4.78, 5) is 26.1. The minimum absolute atomic E-state index is 0.0974. The second-order valence-electron chi connectivity index (χ2n) is 6.18. The van der Waals surface area contributed by atoms with Crippen LogP contribution in [0.2, 0.25) is 0 Å². The van der Waals surface area contributed by atoms with Crippen LogP contribution in [0.3, 0.4) is 0 Å². The molecule has 0 radical (unpaired) electrons. The first-order chi connectivity index (χ1) is 13.1. The first-order valence-electron chi connectivity index (χ1n) is 8.61. The van der Waals surface area contributed by atoms with Gasteiger partial charge in [-0.1, -0.05) is 42.5 Å². The molecule has 2 atom stereocenters. The highest BCUT2D eigenvalue weighted by Crippen LogP contribution is 2.26. The summed E-state index contributed by atoms with van der Waals surface area (Å²) in [5.41, 5.74) is 0.874. The molecule has 1 aliphatic rings. The van der Waals surface area contributed by atoms with E-state index in [1.165, 1.54) is 30.2 Å². The number of hydrogen-bond donors (Lipinski definition) is 0. The molecule has 140 valence electrons. The minimum atomic E-state index is -0.764. The molecule has 1 saturated heterocycles. The molecular formula is C21H20FNO4. The molecule has 0 spiro atoms. The Kier molecular flexibility index (Phi) is 5.86. The van der Waals surface area contributed by atoms with E-state index in [0.717, 1.165) is 5.56 Å². The largest absolute Gasteiger partial charge is 0.485 e. The average Bonchev–Trinajstić information content (AvgIpc) is 3.12. The number of benzene rings is 2. The van der Waals surface area contributed by atoms with Gasteiger partial charge in [-0.25, -0.2) is 9.18 Å². The number of ether oxygens (including phenoxy) is 2. The zero-order valence-electron chi connectivity index (χ0n) is 14.9. The molecule has 27 heavy (non-hydrogen) atoms. The molecule has 0 bridgehead atoms. The molecule has 1 amide bonds. The predicted molar refractivity (Wildman–Crippen MR) is 98.4 cm³/mol. The third-order valence-electron chi connectivity index (χ3n) is 4.37. The highest BCUT2D eigenvalue weighted by atomic mass is 19.1. The Bertz CT molecular complexity index is 837. The zero-order valence-corrected chi connectivity index (χ0v) is 14.9. The van der Waals surface area contributed by atoms with Gasteiger partial charge >= 0.3 is 5.97 Å². The Morgan fingerprint density at radius 2 is 1.81 bits per heavy atom. The number of methoxy groups -OCH3 is 1.